The zero-order chi connectivity index (χ0) is 13.4. The van der Waals surface area contributed by atoms with Crippen molar-refractivity contribution in [2.45, 2.75) is 12.8 Å². The van der Waals surface area contributed by atoms with Crippen LogP contribution in [0.1, 0.15) is 33.2 Å². The highest BCUT2D eigenvalue weighted by Gasteiger charge is 2.30. The molecule has 7 heteroatoms. The van der Waals surface area contributed by atoms with Crippen molar-refractivity contribution in [1.82, 2.24) is 0 Å². The maximum Gasteiger partial charge on any atom is 0.336 e. The van der Waals surface area contributed by atoms with Crippen LogP contribution in [0.2, 0.25) is 0 Å². The van der Waals surface area contributed by atoms with Crippen molar-refractivity contribution in [1.29, 1.82) is 0 Å². The fourth-order valence-electron chi connectivity index (χ4n) is 1.26. The first-order valence-corrected chi connectivity index (χ1v) is 5.41. The van der Waals surface area contributed by atoms with Crippen molar-refractivity contribution in [2.24, 2.45) is 0 Å². The summed E-state index contributed by atoms with van der Waals surface area (Å²) in [5.41, 5.74) is -1.65. The molecular formula is C10H7F2IO4. The lowest BCUT2D eigenvalue weighted by molar-refractivity contribution is 0.0164. The van der Waals surface area contributed by atoms with Crippen LogP contribution in [0.15, 0.2) is 12.1 Å². The Hall–Kier alpha value is -1.25. The summed E-state index contributed by atoms with van der Waals surface area (Å²) < 4.78 is 26.3. The summed E-state index contributed by atoms with van der Waals surface area (Å²) in [6.45, 7) is 0.622. The van der Waals surface area contributed by atoms with Gasteiger partial charge in [-0.2, -0.15) is 0 Å². The molecule has 17 heavy (non-hydrogen) atoms. The Labute approximate surface area is 108 Å². The Morgan fingerprint density at radius 3 is 1.94 bits per heavy atom. The van der Waals surface area contributed by atoms with Gasteiger partial charge in [-0.3, -0.25) is 0 Å². The van der Waals surface area contributed by atoms with Crippen LogP contribution < -0.4 is 0 Å². The van der Waals surface area contributed by atoms with Gasteiger partial charge in [0.2, 0.25) is 0 Å². The predicted molar refractivity (Wildman–Crippen MR) is 62.6 cm³/mol. The Morgan fingerprint density at radius 2 is 1.59 bits per heavy atom. The maximum absolute atomic E-state index is 13.1. The average Bonchev–Trinajstić information content (AvgIpc) is 2.14. The fourth-order valence-corrected chi connectivity index (χ4v) is 2.20. The molecule has 1 aromatic rings. The van der Waals surface area contributed by atoms with E-state index in [0.717, 1.165) is 6.07 Å². The number of halogens is 3. The molecule has 4 nitrogen and oxygen atoms in total. The molecule has 0 heterocycles. The minimum Gasteiger partial charge on any atom is -0.478 e. The van der Waals surface area contributed by atoms with E-state index in [1.54, 1.807) is 22.6 Å². The van der Waals surface area contributed by atoms with Crippen LogP contribution in [0.25, 0.3) is 0 Å². The van der Waals surface area contributed by atoms with E-state index in [1.807, 2.05) is 0 Å². The van der Waals surface area contributed by atoms with E-state index in [0.29, 0.717) is 13.0 Å². The number of carbonyl (C=O) groups is 2. The number of rotatable bonds is 3. The van der Waals surface area contributed by atoms with Crippen molar-refractivity contribution in [3.8, 4) is 0 Å². The Balaban J connectivity index is 3.57. The zero-order valence-corrected chi connectivity index (χ0v) is 10.7. The topological polar surface area (TPSA) is 74.6 Å². The number of carboxylic acid groups (broad SMARTS) is 2. The number of benzene rings is 1. The molecule has 0 saturated heterocycles. The molecule has 1 aromatic carbocycles. The summed E-state index contributed by atoms with van der Waals surface area (Å²) >= 11 is 1.55. The van der Waals surface area contributed by atoms with Crippen molar-refractivity contribution in [3.63, 3.8) is 0 Å². The summed E-state index contributed by atoms with van der Waals surface area (Å²) in [6, 6.07) is 1.63. The van der Waals surface area contributed by atoms with E-state index < -0.39 is 34.6 Å². The van der Waals surface area contributed by atoms with Gasteiger partial charge in [-0.1, -0.05) is 0 Å². The first-order chi connectivity index (χ1) is 7.64. The molecular weight excluding hydrogens is 349 g/mol. The fraction of sp³-hybridized carbons (Fsp3) is 0.200. The normalized spacial score (nSPS) is 11.3. The summed E-state index contributed by atoms with van der Waals surface area (Å²) in [6.07, 6.45) is 0. The van der Waals surface area contributed by atoms with Crippen LogP contribution in [-0.2, 0) is 5.92 Å². The van der Waals surface area contributed by atoms with E-state index in [2.05, 4.69) is 0 Å². The van der Waals surface area contributed by atoms with Gasteiger partial charge in [0.05, 0.1) is 11.1 Å². The molecule has 0 radical (unpaired) electrons. The second-order valence-corrected chi connectivity index (χ2v) is 4.54. The SMILES string of the molecule is CC(F)(F)c1cc(C(=O)O)c(C(=O)O)cc1I. The molecule has 92 valence electrons. The Kier molecular flexibility index (Phi) is 3.70. The van der Waals surface area contributed by atoms with Gasteiger partial charge in [-0.25, -0.2) is 18.4 Å². The zero-order valence-electron chi connectivity index (χ0n) is 8.50. The minimum absolute atomic E-state index is 0.0116. The van der Waals surface area contributed by atoms with Gasteiger partial charge in [0.15, 0.2) is 0 Å². The van der Waals surface area contributed by atoms with E-state index in [1.165, 1.54) is 0 Å². The molecule has 0 aromatic heterocycles. The summed E-state index contributed by atoms with van der Waals surface area (Å²) in [5.74, 6) is -6.24. The molecule has 0 unspecified atom stereocenters. The van der Waals surface area contributed by atoms with Crippen LogP contribution in [0.4, 0.5) is 8.78 Å². The third-order valence-electron chi connectivity index (χ3n) is 2.04. The van der Waals surface area contributed by atoms with E-state index in [9.17, 15) is 18.4 Å². The largest absolute Gasteiger partial charge is 0.478 e. The monoisotopic (exact) mass is 356 g/mol. The Bertz CT molecular complexity index is 494. The molecule has 0 bridgehead atoms. The van der Waals surface area contributed by atoms with Crippen molar-refractivity contribution in [2.75, 3.05) is 0 Å². The third kappa shape index (κ3) is 2.90. The highest BCUT2D eigenvalue weighted by atomic mass is 127. The van der Waals surface area contributed by atoms with Crippen molar-refractivity contribution in [3.05, 3.63) is 32.4 Å². The molecule has 1 rings (SSSR count). The standard InChI is InChI=1S/C10H7F2IO4/c1-10(11,12)6-2-4(8(14)15)5(9(16)17)3-7(6)13/h2-3H,1H3,(H,14,15)(H,16,17). The van der Waals surface area contributed by atoms with Gasteiger partial charge in [0.1, 0.15) is 0 Å². The van der Waals surface area contributed by atoms with Crippen molar-refractivity contribution < 1.29 is 28.6 Å². The summed E-state index contributed by atoms with van der Waals surface area (Å²) in [5, 5.41) is 17.6. The van der Waals surface area contributed by atoms with Gasteiger partial charge in [0, 0.05) is 16.1 Å². The lowest BCUT2D eigenvalue weighted by Gasteiger charge is -2.14. The lowest BCUT2D eigenvalue weighted by Crippen LogP contribution is -2.15. The van der Waals surface area contributed by atoms with E-state index >= 15 is 0 Å². The maximum atomic E-state index is 13.1. The van der Waals surface area contributed by atoms with Gasteiger partial charge in [-0.15, -0.1) is 0 Å². The lowest BCUT2D eigenvalue weighted by atomic mass is 10.0. The second kappa shape index (κ2) is 4.55. The summed E-state index contributed by atoms with van der Waals surface area (Å²) in [7, 11) is 0. The Morgan fingerprint density at radius 1 is 1.18 bits per heavy atom. The highest BCUT2D eigenvalue weighted by Crippen LogP contribution is 2.32. The molecule has 0 aliphatic heterocycles. The van der Waals surface area contributed by atoms with Crippen LogP contribution in [0, 0.1) is 3.57 Å². The third-order valence-corrected chi connectivity index (χ3v) is 2.93. The molecule has 0 aliphatic carbocycles. The van der Waals surface area contributed by atoms with Gasteiger partial charge < -0.3 is 10.2 Å². The van der Waals surface area contributed by atoms with Crippen LogP contribution in [0.3, 0.4) is 0 Å². The van der Waals surface area contributed by atoms with Gasteiger partial charge in [-0.05, 0) is 34.7 Å². The number of carboxylic acids is 2. The predicted octanol–water partition coefficient (Wildman–Crippen LogP) is 2.80. The van der Waals surface area contributed by atoms with Gasteiger partial charge >= 0.3 is 11.9 Å². The van der Waals surface area contributed by atoms with Crippen LogP contribution in [-0.4, -0.2) is 22.2 Å². The highest BCUT2D eigenvalue weighted by molar-refractivity contribution is 14.1. The molecule has 0 fully saturated rings. The molecule has 2 N–H and O–H groups in total. The number of hydrogen-bond donors (Lipinski definition) is 2. The van der Waals surface area contributed by atoms with Crippen LogP contribution in [0.5, 0.6) is 0 Å². The number of alkyl halides is 2. The second-order valence-electron chi connectivity index (χ2n) is 3.38. The van der Waals surface area contributed by atoms with Gasteiger partial charge in [0.25, 0.3) is 5.92 Å². The molecule has 0 spiro atoms. The van der Waals surface area contributed by atoms with Crippen LogP contribution >= 0.6 is 22.6 Å². The number of hydrogen-bond acceptors (Lipinski definition) is 2. The molecule has 0 aliphatic rings. The minimum atomic E-state index is -3.22. The van der Waals surface area contributed by atoms with Crippen molar-refractivity contribution >= 4 is 34.5 Å². The quantitative estimate of drug-likeness (QED) is 0.817. The smallest absolute Gasteiger partial charge is 0.336 e. The number of aromatic carboxylic acids is 2. The molecule has 0 saturated carbocycles. The summed E-state index contributed by atoms with van der Waals surface area (Å²) in [4.78, 5) is 21.6. The first-order valence-electron chi connectivity index (χ1n) is 4.33. The average molecular weight is 356 g/mol. The van der Waals surface area contributed by atoms with E-state index in [4.69, 9.17) is 10.2 Å². The molecule has 0 atom stereocenters. The van der Waals surface area contributed by atoms with E-state index in [-0.39, 0.29) is 3.57 Å². The first kappa shape index (κ1) is 13.8. The molecule has 0 amide bonds.